The van der Waals surface area contributed by atoms with Crippen LogP contribution in [0.4, 0.5) is 4.79 Å². The largest absolute Gasteiger partial charge is 0.497 e. The standard InChI is InChI=1S/C23H28N2O2/c1-3-22(20-11-10-18-6-4-5-7-19(18)16-20)25-23(26)24-15-14-17-8-12-21(27-2)13-9-17/h8-16,22H,3-7H2,1-2H3,(H2,24,25,26)/b15-14+. The fraction of sp³-hybridized carbons (Fsp3) is 0.348. The molecule has 4 heteroatoms. The second-order valence-electron chi connectivity index (χ2n) is 6.92. The molecule has 1 unspecified atom stereocenters. The zero-order chi connectivity index (χ0) is 19.1. The van der Waals surface area contributed by atoms with E-state index in [1.807, 2.05) is 30.3 Å². The predicted molar refractivity (Wildman–Crippen MR) is 110 cm³/mol. The second-order valence-corrected chi connectivity index (χ2v) is 6.92. The summed E-state index contributed by atoms with van der Waals surface area (Å²) < 4.78 is 5.14. The number of rotatable bonds is 6. The first kappa shape index (κ1) is 19.0. The average molecular weight is 364 g/mol. The van der Waals surface area contributed by atoms with Gasteiger partial charge in [-0.3, -0.25) is 0 Å². The molecule has 3 rings (SSSR count). The number of carbonyl (C=O) groups excluding carboxylic acids is 1. The lowest BCUT2D eigenvalue weighted by atomic mass is 9.89. The Balaban J connectivity index is 1.57. The number of ether oxygens (including phenoxy) is 1. The number of urea groups is 1. The third-order valence-corrected chi connectivity index (χ3v) is 5.09. The Morgan fingerprint density at radius 3 is 2.56 bits per heavy atom. The minimum atomic E-state index is -0.190. The Bertz CT molecular complexity index is 797. The van der Waals surface area contributed by atoms with Crippen LogP contribution in [0.1, 0.15) is 54.5 Å². The van der Waals surface area contributed by atoms with Crippen molar-refractivity contribution in [3.8, 4) is 5.75 Å². The number of aryl methyl sites for hydroxylation is 2. The molecule has 0 saturated heterocycles. The van der Waals surface area contributed by atoms with Crippen LogP contribution in [0.15, 0.2) is 48.7 Å². The van der Waals surface area contributed by atoms with E-state index >= 15 is 0 Å². The van der Waals surface area contributed by atoms with Gasteiger partial charge >= 0.3 is 6.03 Å². The van der Waals surface area contributed by atoms with E-state index in [1.54, 1.807) is 13.3 Å². The monoisotopic (exact) mass is 364 g/mol. The van der Waals surface area contributed by atoms with E-state index in [0.717, 1.165) is 24.2 Å². The summed E-state index contributed by atoms with van der Waals surface area (Å²) in [6.07, 6.45) is 9.25. The van der Waals surface area contributed by atoms with Crippen molar-refractivity contribution in [1.82, 2.24) is 10.6 Å². The molecule has 0 radical (unpaired) electrons. The smallest absolute Gasteiger partial charge is 0.319 e. The van der Waals surface area contributed by atoms with Gasteiger partial charge in [-0.15, -0.1) is 0 Å². The molecule has 2 aromatic rings. The maximum absolute atomic E-state index is 12.3. The summed E-state index contributed by atoms with van der Waals surface area (Å²) in [6, 6.07) is 14.2. The maximum atomic E-state index is 12.3. The van der Waals surface area contributed by atoms with Gasteiger partial charge in [-0.05, 0) is 72.6 Å². The van der Waals surface area contributed by atoms with Gasteiger partial charge in [0.1, 0.15) is 5.75 Å². The summed E-state index contributed by atoms with van der Waals surface area (Å²) in [6.45, 7) is 2.09. The lowest BCUT2D eigenvalue weighted by molar-refractivity contribution is 0.240. The Morgan fingerprint density at radius 1 is 1.11 bits per heavy atom. The normalized spacial score (nSPS) is 14.4. The number of amides is 2. The van der Waals surface area contributed by atoms with Crippen molar-refractivity contribution in [3.05, 3.63) is 70.9 Å². The van der Waals surface area contributed by atoms with Crippen LogP contribution in [-0.4, -0.2) is 13.1 Å². The van der Waals surface area contributed by atoms with E-state index in [0.29, 0.717) is 0 Å². The van der Waals surface area contributed by atoms with Gasteiger partial charge in [-0.25, -0.2) is 4.79 Å². The number of nitrogens with one attached hydrogen (secondary N) is 2. The first-order chi connectivity index (χ1) is 13.2. The molecule has 0 saturated carbocycles. The molecule has 2 N–H and O–H groups in total. The number of fused-ring (bicyclic) bond motifs is 1. The Kier molecular flexibility index (Phi) is 6.53. The van der Waals surface area contributed by atoms with E-state index in [1.165, 1.54) is 36.0 Å². The number of hydrogen-bond acceptors (Lipinski definition) is 2. The number of methoxy groups -OCH3 is 1. The quantitative estimate of drug-likeness (QED) is 0.758. The summed E-state index contributed by atoms with van der Waals surface area (Å²) in [7, 11) is 1.64. The lowest BCUT2D eigenvalue weighted by Gasteiger charge is -2.21. The molecule has 4 nitrogen and oxygen atoms in total. The van der Waals surface area contributed by atoms with E-state index in [4.69, 9.17) is 4.74 Å². The molecule has 0 heterocycles. The van der Waals surface area contributed by atoms with Gasteiger partial charge in [0.25, 0.3) is 0 Å². The number of hydrogen-bond donors (Lipinski definition) is 2. The van der Waals surface area contributed by atoms with E-state index in [9.17, 15) is 4.79 Å². The molecule has 27 heavy (non-hydrogen) atoms. The Morgan fingerprint density at radius 2 is 1.85 bits per heavy atom. The van der Waals surface area contributed by atoms with Crippen LogP contribution in [0.3, 0.4) is 0 Å². The molecule has 2 amide bonds. The van der Waals surface area contributed by atoms with E-state index in [2.05, 4.69) is 35.8 Å². The van der Waals surface area contributed by atoms with Crippen molar-refractivity contribution in [3.63, 3.8) is 0 Å². The van der Waals surface area contributed by atoms with E-state index < -0.39 is 0 Å². The van der Waals surface area contributed by atoms with Gasteiger partial charge in [-0.1, -0.05) is 37.3 Å². The molecule has 0 aromatic heterocycles. The molecule has 1 aliphatic carbocycles. The van der Waals surface area contributed by atoms with Crippen molar-refractivity contribution in [1.29, 1.82) is 0 Å². The first-order valence-corrected chi connectivity index (χ1v) is 9.69. The van der Waals surface area contributed by atoms with Crippen molar-refractivity contribution in [2.75, 3.05) is 7.11 Å². The van der Waals surface area contributed by atoms with Gasteiger partial charge in [0.15, 0.2) is 0 Å². The SMILES string of the molecule is CCC(NC(=O)N/C=C/c1ccc(OC)cc1)c1ccc2c(c1)CCCC2. The molecule has 1 atom stereocenters. The molecule has 0 aliphatic heterocycles. The van der Waals surface area contributed by atoms with Gasteiger partial charge in [0.2, 0.25) is 0 Å². The van der Waals surface area contributed by atoms with Gasteiger partial charge < -0.3 is 15.4 Å². The zero-order valence-corrected chi connectivity index (χ0v) is 16.1. The lowest BCUT2D eigenvalue weighted by Crippen LogP contribution is -2.35. The highest BCUT2D eigenvalue weighted by molar-refractivity contribution is 5.76. The highest BCUT2D eigenvalue weighted by Gasteiger charge is 2.15. The van der Waals surface area contributed by atoms with Gasteiger partial charge in [0, 0.05) is 6.20 Å². The van der Waals surface area contributed by atoms with Crippen LogP contribution in [0.2, 0.25) is 0 Å². The third-order valence-electron chi connectivity index (χ3n) is 5.09. The summed E-state index contributed by atoms with van der Waals surface area (Å²) in [5.74, 6) is 0.814. The molecular weight excluding hydrogens is 336 g/mol. The first-order valence-electron chi connectivity index (χ1n) is 9.69. The molecule has 0 bridgehead atoms. The van der Waals surface area contributed by atoms with Crippen LogP contribution in [0.5, 0.6) is 5.75 Å². The van der Waals surface area contributed by atoms with Crippen molar-refractivity contribution < 1.29 is 9.53 Å². The predicted octanol–water partition coefficient (Wildman–Crippen LogP) is 5.00. The van der Waals surface area contributed by atoms with Crippen LogP contribution in [-0.2, 0) is 12.8 Å². The fourth-order valence-corrected chi connectivity index (χ4v) is 3.52. The fourth-order valence-electron chi connectivity index (χ4n) is 3.52. The third kappa shape index (κ3) is 5.13. The number of carbonyl (C=O) groups is 1. The zero-order valence-electron chi connectivity index (χ0n) is 16.1. The van der Waals surface area contributed by atoms with Crippen molar-refractivity contribution in [2.45, 2.75) is 45.1 Å². The maximum Gasteiger partial charge on any atom is 0.319 e. The molecule has 0 fully saturated rings. The molecule has 0 spiro atoms. The highest BCUT2D eigenvalue weighted by Crippen LogP contribution is 2.26. The molecule has 142 valence electrons. The number of benzene rings is 2. The minimum Gasteiger partial charge on any atom is -0.497 e. The minimum absolute atomic E-state index is 0.0200. The molecule has 1 aliphatic rings. The summed E-state index contributed by atoms with van der Waals surface area (Å²) in [5, 5.41) is 5.87. The van der Waals surface area contributed by atoms with Gasteiger partial charge in [-0.2, -0.15) is 0 Å². The average Bonchev–Trinajstić information content (AvgIpc) is 2.72. The molecular formula is C23H28N2O2. The van der Waals surface area contributed by atoms with Crippen LogP contribution in [0, 0.1) is 0 Å². The summed E-state index contributed by atoms with van der Waals surface area (Å²) in [5.41, 5.74) is 5.09. The Labute approximate surface area is 161 Å². The van der Waals surface area contributed by atoms with Crippen LogP contribution >= 0.6 is 0 Å². The second kappa shape index (κ2) is 9.26. The van der Waals surface area contributed by atoms with Crippen molar-refractivity contribution in [2.24, 2.45) is 0 Å². The van der Waals surface area contributed by atoms with E-state index in [-0.39, 0.29) is 12.1 Å². The summed E-state index contributed by atoms with van der Waals surface area (Å²) in [4.78, 5) is 12.3. The topological polar surface area (TPSA) is 50.4 Å². The van der Waals surface area contributed by atoms with Crippen LogP contribution in [0.25, 0.3) is 6.08 Å². The highest BCUT2D eigenvalue weighted by atomic mass is 16.5. The summed E-state index contributed by atoms with van der Waals surface area (Å²) >= 11 is 0. The van der Waals surface area contributed by atoms with Crippen LogP contribution < -0.4 is 15.4 Å². The Hall–Kier alpha value is -2.75. The van der Waals surface area contributed by atoms with Crippen molar-refractivity contribution >= 4 is 12.1 Å². The molecule has 2 aromatic carbocycles. The van der Waals surface area contributed by atoms with Gasteiger partial charge in [0.05, 0.1) is 13.2 Å².